The molecular formula is C25H35N5O. The molecule has 166 valence electrons. The SMILES string of the molecule is CCCCCCCCC(=O)N1CCN(Cc2cncn2Cc2ccc(C#N)cc2)CC1. The van der Waals surface area contributed by atoms with Crippen LogP contribution in [0.15, 0.2) is 36.8 Å². The zero-order valence-corrected chi connectivity index (χ0v) is 18.8. The van der Waals surface area contributed by atoms with Gasteiger partial charge in [-0.3, -0.25) is 9.69 Å². The van der Waals surface area contributed by atoms with Crippen LogP contribution in [0.4, 0.5) is 0 Å². The van der Waals surface area contributed by atoms with E-state index in [1.165, 1.54) is 37.8 Å². The highest BCUT2D eigenvalue weighted by molar-refractivity contribution is 5.76. The molecule has 31 heavy (non-hydrogen) atoms. The summed E-state index contributed by atoms with van der Waals surface area (Å²) in [6.45, 7) is 7.27. The zero-order chi connectivity index (χ0) is 21.9. The Bertz CT molecular complexity index is 844. The first kappa shape index (κ1) is 23.0. The second-order valence-electron chi connectivity index (χ2n) is 8.50. The van der Waals surface area contributed by atoms with Crippen LogP contribution in [-0.4, -0.2) is 51.4 Å². The predicted molar refractivity (Wildman–Crippen MR) is 122 cm³/mol. The summed E-state index contributed by atoms with van der Waals surface area (Å²) >= 11 is 0. The minimum Gasteiger partial charge on any atom is -0.340 e. The molecule has 0 unspecified atom stereocenters. The van der Waals surface area contributed by atoms with E-state index in [0.717, 1.165) is 51.3 Å². The average molecular weight is 422 g/mol. The summed E-state index contributed by atoms with van der Waals surface area (Å²) in [4.78, 5) is 21.3. The smallest absolute Gasteiger partial charge is 0.222 e. The molecule has 1 fully saturated rings. The number of hydrogen-bond acceptors (Lipinski definition) is 4. The molecule has 2 heterocycles. The van der Waals surface area contributed by atoms with Gasteiger partial charge >= 0.3 is 0 Å². The number of nitrogens with zero attached hydrogens (tertiary/aromatic N) is 5. The van der Waals surface area contributed by atoms with Crippen molar-refractivity contribution in [3.05, 3.63) is 53.6 Å². The molecule has 0 bridgehead atoms. The third-order valence-electron chi connectivity index (χ3n) is 6.09. The number of rotatable bonds is 11. The van der Waals surface area contributed by atoms with Crippen molar-refractivity contribution in [3.8, 4) is 6.07 Å². The van der Waals surface area contributed by atoms with Crippen molar-refractivity contribution < 1.29 is 4.79 Å². The van der Waals surface area contributed by atoms with Gasteiger partial charge in [0.05, 0.1) is 23.7 Å². The van der Waals surface area contributed by atoms with Gasteiger partial charge in [0.1, 0.15) is 0 Å². The summed E-state index contributed by atoms with van der Waals surface area (Å²) in [7, 11) is 0. The normalized spacial score (nSPS) is 14.5. The van der Waals surface area contributed by atoms with Gasteiger partial charge in [0.2, 0.25) is 5.91 Å². The number of piperazine rings is 1. The maximum absolute atomic E-state index is 12.5. The summed E-state index contributed by atoms with van der Waals surface area (Å²) in [6.07, 6.45) is 11.8. The number of carbonyl (C=O) groups excluding carboxylic acids is 1. The van der Waals surface area contributed by atoms with Crippen LogP contribution in [0.5, 0.6) is 0 Å². The second kappa shape index (κ2) is 12.3. The monoisotopic (exact) mass is 421 g/mol. The molecule has 1 amide bonds. The molecule has 1 aliphatic rings. The standard InChI is InChI=1S/C25H35N5O/c1-2-3-4-5-6-7-8-25(31)29-15-13-28(14-16-29)20-24-18-27-21-30(24)19-23-11-9-22(17-26)10-12-23/h9-12,18,21H,2-8,13-16,19-20H2,1H3. The van der Waals surface area contributed by atoms with E-state index < -0.39 is 0 Å². The molecule has 1 aromatic carbocycles. The van der Waals surface area contributed by atoms with E-state index in [-0.39, 0.29) is 0 Å². The van der Waals surface area contributed by atoms with Crippen LogP contribution in [0, 0.1) is 11.3 Å². The first-order chi connectivity index (χ1) is 15.2. The van der Waals surface area contributed by atoms with Crippen LogP contribution >= 0.6 is 0 Å². The highest BCUT2D eigenvalue weighted by Crippen LogP contribution is 2.14. The van der Waals surface area contributed by atoms with E-state index >= 15 is 0 Å². The van der Waals surface area contributed by atoms with Crippen LogP contribution in [0.2, 0.25) is 0 Å². The van der Waals surface area contributed by atoms with E-state index in [0.29, 0.717) is 17.9 Å². The Morgan fingerprint density at radius 1 is 1.00 bits per heavy atom. The quantitative estimate of drug-likeness (QED) is 0.510. The summed E-state index contributed by atoms with van der Waals surface area (Å²) in [5.74, 6) is 0.320. The summed E-state index contributed by atoms with van der Waals surface area (Å²) in [5.41, 5.74) is 3.01. The number of benzene rings is 1. The maximum Gasteiger partial charge on any atom is 0.222 e. The Hall–Kier alpha value is -2.65. The van der Waals surface area contributed by atoms with Crippen molar-refractivity contribution in [1.82, 2.24) is 19.4 Å². The number of amides is 1. The maximum atomic E-state index is 12.5. The lowest BCUT2D eigenvalue weighted by Crippen LogP contribution is -2.48. The molecule has 1 saturated heterocycles. The number of unbranched alkanes of at least 4 members (excludes halogenated alkanes) is 5. The Balaban J connectivity index is 1.40. The molecule has 0 aliphatic carbocycles. The van der Waals surface area contributed by atoms with Crippen molar-refractivity contribution >= 4 is 5.91 Å². The number of hydrogen-bond donors (Lipinski definition) is 0. The van der Waals surface area contributed by atoms with Gasteiger partial charge in [-0.25, -0.2) is 4.98 Å². The van der Waals surface area contributed by atoms with Crippen LogP contribution in [-0.2, 0) is 17.9 Å². The van der Waals surface area contributed by atoms with Gasteiger partial charge in [-0.05, 0) is 24.1 Å². The first-order valence-electron chi connectivity index (χ1n) is 11.7. The molecule has 0 spiro atoms. The van der Waals surface area contributed by atoms with Crippen LogP contribution in [0.1, 0.15) is 68.7 Å². The lowest BCUT2D eigenvalue weighted by molar-refractivity contribution is -0.133. The number of imidazole rings is 1. The molecule has 2 aromatic rings. The Kier molecular flexibility index (Phi) is 9.11. The van der Waals surface area contributed by atoms with E-state index in [4.69, 9.17) is 5.26 Å². The fourth-order valence-electron chi connectivity index (χ4n) is 4.10. The van der Waals surface area contributed by atoms with Crippen molar-refractivity contribution in [2.24, 2.45) is 0 Å². The third-order valence-corrected chi connectivity index (χ3v) is 6.09. The third kappa shape index (κ3) is 7.22. The Labute approximate surface area is 186 Å². The minimum atomic E-state index is 0.320. The molecule has 0 radical (unpaired) electrons. The van der Waals surface area contributed by atoms with Crippen molar-refractivity contribution in [2.45, 2.75) is 65.0 Å². The van der Waals surface area contributed by atoms with E-state index in [1.54, 1.807) is 0 Å². The number of nitriles is 1. The molecule has 6 nitrogen and oxygen atoms in total. The zero-order valence-electron chi connectivity index (χ0n) is 18.8. The molecule has 0 atom stereocenters. The first-order valence-corrected chi connectivity index (χ1v) is 11.7. The van der Waals surface area contributed by atoms with Gasteiger partial charge in [0, 0.05) is 51.9 Å². The van der Waals surface area contributed by atoms with Gasteiger partial charge < -0.3 is 9.47 Å². The van der Waals surface area contributed by atoms with Crippen molar-refractivity contribution in [1.29, 1.82) is 5.26 Å². The second-order valence-corrected chi connectivity index (χ2v) is 8.50. The van der Waals surface area contributed by atoms with Gasteiger partial charge in [0.25, 0.3) is 0 Å². The highest BCUT2D eigenvalue weighted by Gasteiger charge is 2.21. The van der Waals surface area contributed by atoms with Crippen molar-refractivity contribution in [2.75, 3.05) is 26.2 Å². The molecule has 0 N–H and O–H groups in total. The molecule has 6 heteroatoms. The fraction of sp³-hybridized carbons (Fsp3) is 0.560. The summed E-state index contributed by atoms with van der Waals surface area (Å²) < 4.78 is 2.16. The Morgan fingerprint density at radius 2 is 1.71 bits per heavy atom. The van der Waals surface area contributed by atoms with Crippen LogP contribution < -0.4 is 0 Å². The fourth-order valence-corrected chi connectivity index (χ4v) is 4.10. The Morgan fingerprint density at radius 3 is 2.42 bits per heavy atom. The van der Waals surface area contributed by atoms with E-state index in [2.05, 4.69) is 27.4 Å². The van der Waals surface area contributed by atoms with E-state index in [9.17, 15) is 4.79 Å². The highest BCUT2D eigenvalue weighted by atomic mass is 16.2. The number of carbonyl (C=O) groups is 1. The molecule has 0 saturated carbocycles. The van der Waals surface area contributed by atoms with Gasteiger partial charge in [-0.1, -0.05) is 51.2 Å². The largest absolute Gasteiger partial charge is 0.340 e. The molecule has 3 rings (SSSR count). The average Bonchev–Trinajstić information content (AvgIpc) is 3.23. The van der Waals surface area contributed by atoms with Crippen LogP contribution in [0.3, 0.4) is 0 Å². The van der Waals surface area contributed by atoms with Gasteiger partial charge in [0.15, 0.2) is 0 Å². The topological polar surface area (TPSA) is 65.2 Å². The molecular weight excluding hydrogens is 386 g/mol. The van der Waals surface area contributed by atoms with Crippen molar-refractivity contribution in [3.63, 3.8) is 0 Å². The number of aromatic nitrogens is 2. The van der Waals surface area contributed by atoms with Gasteiger partial charge in [-0.15, -0.1) is 0 Å². The molecule has 1 aliphatic heterocycles. The van der Waals surface area contributed by atoms with E-state index in [1.807, 2.05) is 41.7 Å². The van der Waals surface area contributed by atoms with Gasteiger partial charge in [-0.2, -0.15) is 5.26 Å². The summed E-state index contributed by atoms with van der Waals surface area (Å²) in [5, 5.41) is 8.95. The predicted octanol–water partition coefficient (Wildman–Crippen LogP) is 4.20. The lowest BCUT2D eigenvalue weighted by atomic mass is 10.1. The summed E-state index contributed by atoms with van der Waals surface area (Å²) in [6, 6.07) is 9.86. The minimum absolute atomic E-state index is 0.320. The van der Waals surface area contributed by atoms with Crippen LogP contribution in [0.25, 0.3) is 0 Å². The molecule has 1 aromatic heterocycles. The lowest BCUT2D eigenvalue weighted by Gasteiger charge is -2.34.